The van der Waals surface area contributed by atoms with Crippen molar-refractivity contribution in [1.82, 2.24) is 9.97 Å². The van der Waals surface area contributed by atoms with E-state index in [-0.39, 0.29) is 5.56 Å². The Morgan fingerprint density at radius 2 is 1.95 bits per heavy atom. The second-order valence-corrected chi connectivity index (χ2v) is 4.56. The number of para-hydroxylation sites is 1. The Kier molecular flexibility index (Phi) is 3.47. The van der Waals surface area contributed by atoms with Crippen LogP contribution in [0.3, 0.4) is 0 Å². The van der Waals surface area contributed by atoms with Crippen molar-refractivity contribution in [3.05, 3.63) is 66.0 Å². The van der Waals surface area contributed by atoms with Gasteiger partial charge in [-0.2, -0.15) is 0 Å². The zero-order valence-electron chi connectivity index (χ0n) is 11.2. The first-order valence-corrected chi connectivity index (χ1v) is 6.51. The predicted octanol–water partition coefficient (Wildman–Crippen LogP) is 2.94. The Morgan fingerprint density at radius 1 is 1.14 bits per heavy atom. The third-order valence-corrected chi connectivity index (χ3v) is 3.12. The van der Waals surface area contributed by atoms with Gasteiger partial charge in [0.15, 0.2) is 0 Å². The molecule has 0 aliphatic rings. The second-order valence-electron chi connectivity index (χ2n) is 4.56. The van der Waals surface area contributed by atoms with Gasteiger partial charge < -0.3 is 10.4 Å². The minimum atomic E-state index is -1.00. The molecule has 0 radical (unpaired) electrons. The Balaban J connectivity index is 1.96. The SMILES string of the molecule is O=C(O)c1cc2ccccc2nc1NCc1ccccn1. The van der Waals surface area contributed by atoms with Gasteiger partial charge in [0, 0.05) is 11.6 Å². The zero-order valence-corrected chi connectivity index (χ0v) is 11.2. The highest BCUT2D eigenvalue weighted by Crippen LogP contribution is 2.20. The van der Waals surface area contributed by atoms with Gasteiger partial charge in [0.2, 0.25) is 0 Å². The molecule has 3 rings (SSSR count). The van der Waals surface area contributed by atoms with Crippen LogP contribution in [0.2, 0.25) is 0 Å². The van der Waals surface area contributed by atoms with Crippen molar-refractivity contribution in [2.45, 2.75) is 6.54 Å². The van der Waals surface area contributed by atoms with E-state index < -0.39 is 5.97 Å². The van der Waals surface area contributed by atoms with Gasteiger partial charge in [0.05, 0.1) is 17.8 Å². The number of aromatic nitrogens is 2. The Bertz CT molecular complexity index is 788. The molecule has 0 amide bonds. The number of aromatic carboxylic acids is 1. The van der Waals surface area contributed by atoms with E-state index in [1.165, 1.54) is 0 Å². The van der Waals surface area contributed by atoms with E-state index in [2.05, 4.69) is 15.3 Å². The van der Waals surface area contributed by atoms with E-state index in [1.54, 1.807) is 12.3 Å². The molecule has 0 fully saturated rings. The first-order valence-electron chi connectivity index (χ1n) is 6.51. The molecular formula is C16H13N3O2. The Hall–Kier alpha value is -2.95. The molecule has 2 heterocycles. The van der Waals surface area contributed by atoms with Gasteiger partial charge in [0.1, 0.15) is 11.4 Å². The predicted molar refractivity (Wildman–Crippen MR) is 80.3 cm³/mol. The lowest BCUT2D eigenvalue weighted by molar-refractivity contribution is 0.0697. The van der Waals surface area contributed by atoms with Crippen molar-refractivity contribution in [2.24, 2.45) is 0 Å². The van der Waals surface area contributed by atoms with Crippen molar-refractivity contribution in [3.63, 3.8) is 0 Å². The van der Waals surface area contributed by atoms with Crippen LogP contribution in [-0.4, -0.2) is 21.0 Å². The third-order valence-electron chi connectivity index (χ3n) is 3.12. The summed E-state index contributed by atoms with van der Waals surface area (Å²) in [5, 5.41) is 13.2. The molecule has 0 aliphatic heterocycles. The Morgan fingerprint density at radius 3 is 2.71 bits per heavy atom. The summed E-state index contributed by atoms with van der Waals surface area (Å²) in [5.41, 5.74) is 1.74. The van der Waals surface area contributed by atoms with Gasteiger partial charge in [-0.05, 0) is 24.3 Å². The van der Waals surface area contributed by atoms with Crippen molar-refractivity contribution >= 4 is 22.7 Å². The van der Waals surface area contributed by atoms with E-state index >= 15 is 0 Å². The lowest BCUT2D eigenvalue weighted by Gasteiger charge is -2.10. The van der Waals surface area contributed by atoms with Crippen LogP contribution in [0.15, 0.2) is 54.7 Å². The number of carboxylic acid groups (broad SMARTS) is 1. The van der Waals surface area contributed by atoms with Gasteiger partial charge >= 0.3 is 5.97 Å². The van der Waals surface area contributed by atoms with E-state index in [0.29, 0.717) is 12.4 Å². The number of benzene rings is 1. The summed E-state index contributed by atoms with van der Waals surface area (Å²) in [5.74, 6) is -0.649. The van der Waals surface area contributed by atoms with E-state index in [1.807, 2.05) is 42.5 Å². The van der Waals surface area contributed by atoms with Crippen LogP contribution in [-0.2, 0) is 6.54 Å². The first kappa shape index (κ1) is 13.1. The summed E-state index contributed by atoms with van der Waals surface area (Å²) in [6.45, 7) is 0.423. The molecule has 1 aromatic carbocycles. The number of pyridine rings is 2. The van der Waals surface area contributed by atoms with Crippen LogP contribution in [0, 0.1) is 0 Å². The van der Waals surface area contributed by atoms with Crippen molar-refractivity contribution in [1.29, 1.82) is 0 Å². The normalized spacial score (nSPS) is 10.5. The van der Waals surface area contributed by atoms with Crippen LogP contribution in [0.5, 0.6) is 0 Å². The summed E-state index contributed by atoms with van der Waals surface area (Å²) in [4.78, 5) is 20.0. The highest BCUT2D eigenvalue weighted by Gasteiger charge is 2.13. The standard InChI is InChI=1S/C16H13N3O2/c20-16(21)13-9-11-5-1-2-7-14(11)19-15(13)18-10-12-6-3-4-8-17-12/h1-9H,10H2,(H,18,19)(H,20,21). The van der Waals surface area contributed by atoms with Crippen LogP contribution >= 0.6 is 0 Å². The molecular weight excluding hydrogens is 266 g/mol. The molecule has 0 aliphatic carbocycles. The van der Waals surface area contributed by atoms with Gasteiger partial charge in [-0.15, -0.1) is 0 Å². The smallest absolute Gasteiger partial charge is 0.339 e. The minimum absolute atomic E-state index is 0.157. The van der Waals surface area contributed by atoms with Crippen LogP contribution < -0.4 is 5.32 Å². The van der Waals surface area contributed by atoms with Gasteiger partial charge in [0.25, 0.3) is 0 Å². The molecule has 5 nitrogen and oxygen atoms in total. The fourth-order valence-electron chi connectivity index (χ4n) is 2.09. The van der Waals surface area contributed by atoms with Gasteiger partial charge in [-0.1, -0.05) is 24.3 Å². The highest BCUT2D eigenvalue weighted by atomic mass is 16.4. The molecule has 0 saturated heterocycles. The maximum absolute atomic E-state index is 11.4. The second kappa shape index (κ2) is 5.58. The van der Waals surface area contributed by atoms with E-state index in [4.69, 9.17) is 0 Å². The molecule has 0 bridgehead atoms. The number of carboxylic acids is 1. The number of hydrogen-bond acceptors (Lipinski definition) is 4. The molecule has 2 N–H and O–H groups in total. The number of nitrogens with zero attached hydrogens (tertiary/aromatic N) is 2. The van der Waals surface area contributed by atoms with Crippen LogP contribution in [0.1, 0.15) is 16.1 Å². The summed E-state index contributed by atoms with van der Waals surface area (Å²) in [7, 11) is 0. The average Bonchev–Trinajstić information content (AvgIpc) is 2.53. The van der Waals surface area contributed by atoms with Crippen LogP contribution in [0.4, 0.5) is 5.82 Å². The van der Waals surface area contributed by atoms with E-state index in [9.17, 15) is 9.90 Å². The highest BCUT2D eigenvalue weighted by molar-refractivity contribution is 5.98. The molecule has 104 valence electrons. The first-order chi connectivity index (χ1) is 10.2. The molecule has 0 saturated carbocycles. The number of carbonyl (C=O) groups is 1. The number of hydrogen-bond donors (Lipinski definition) is 2. The summed E-state index contributed by atoms with van der Waals surface area (Å²) < 4.78 is 0. The molecule has 2 aromatic heterocycles. The topological polar surface area (TPSA) is 75.1 Å². The zero-order chi connectivity index (χ0) is 14.7. The van der Waals surface area contributed by atoms with E-state index in [0.717, 1.165) is 16.6 Å². The third kappa shape index (κ3) is 2.81. The number of anilines is 1. The number of nitrogens with one attached hydrogen (secondary N) is 1. The number of rotatable bonds is 4. The molecule has 3 aromatic rings. The van der Waals surface area contributed by atoms with Gasteiger partial charge in [-0.3, -0.25) is 4.98 Å². The molecule has 21 heavy (non-hydrogen) atoms. The van der Waals surface area contributed by atoms with Gasteiger partial charge in [-0.25, -0.2) is 9.78 Å². The quantitative estimate of drug-likeness (QED) is 0.768. The molecule has 0 spiro atoms. The lowest BCUT2D eigenvalue weighted by Crippen LogP contribution is -2.09. The van der Waals surface area contributed by atoms with Crippen LogP contribution in [0.25, 0.3) is 10.9 Å². The largest absolute Gasteiger partial charge is 0.478 e. The summed E-state index contributed by atoms with van der Waals surface area (Å²) in [6, 6.07) is 14.6. The molecule has 5 heteroatoms. The minimum Gasteiger partial charge on any atom is -0.478 e. The fraction of sp³-hybridized carbons (Fsp3) is 0.0625. The fourth-order valence-corrected chi connectivity index (χ4v) is 2.09. The maximum atomic E-state index is 11.4. The van der Waals surface area contributed by atoms with Crippen molar-refractivity contribution < 1.29 is 9.90 Å². The Labute approximate surface area is 121 Å². The maximum Gasteiger partial charge on any atom is 0.339 e. The number of fused-ring (bicyclic) bond motifs is 1. The average molecular weight is 279 g/mol. The summed E-state index contributed by atoms with van der Waals surface area (Å²) >= 11 is 0. The van der Waals surface area contributed by atoms with Crippen molar-refractivity contribution in [2.75, 3.05) is 5.32 Å². The monoisotopic (exact) mass is 279 g/mol. The van der Waals surface area contributed by atoms with Crippen molar-refractivity contribution in [3.8, 4) is 0 Å². The molecule has 0 atom stereocenters. The summed E-state index contributed by atoms with van der Waals surface area (Å²) in [6.07, 6.45) is 1.70. The molecule has 0 unspecified atom stereocenters. The lowest BCUT2D eigenvalue weighted by atomic mass is 10.1.